The van der Waals surface area contributed by atoms with Crippen molar-refractivity contribution in [2.45, 2.75) is 25.4 Å². The first-order valence-corrected chi connectivity index (χ1v) is 10.2. The Morgan fingerprint density at radius 1 is 1.16 bits per heavy atom. The SMILES string of the molecule is Nc1cc(NCC2CCCN2Cc2c(F)ccc(F)c2F)nc2nc(-c3ccco3)nn12. The first-order valence-electron chi connectivity index (χ1n) is 10.2. The normalized spacial score (nSPS) is 16.8. The fourth-order valence-corrected chi connectivity index (χ4v) is 3.97. The van der Waals surface area contributed by atoms with Gasteiger partial charge in [0.15, 0.2) is 17.4 Å². The zero-order valence-corrected chi connectivity index (χ0v) is 16.9. The molecule has 0 saturated carbocycles. The Bertz CT molecular complexity index is 1260. The predicted molar refractivity (Wildman–Crippen MR) is 111 cm³/mol. The molecule has 166 valence electrons. The lowest BCUT2D eigenvalue weighted by atomic mass is 10.1. The number of aromatic nitrogens is 4. The molecule has 1 saturated heterocycles. The lowest BCUT2D eigenvalue weighted by Crippen LogP contribution is -2.35. The summed E-state index contributed by atoms with van der Waals surface area (Å²) >= 11 is 0. The highest BCUT2D eigenvalue weighted by molar-refractivity contribution is 5.56. The number of likely N-dealkylation sites (tertiary alicyclic amines) is 1. The summed E-state index contributed by atoms with van der Waals surface area (Å²) < 4.78 is 48.4. The van der Waals surface area contributed by atoms with E-state index in [-0.39, 0.29) is 18.2 Å². The third kappa shape index (κ3) is 3.75. The molecule has 11 heteroatoms. The van der Waals surface area contributed by atoms with Crippen LogP contribution in [0, 0.1) is 17.5 Å². The molecule has 8 nitrogen and oxygen atoms in total. The quantitative estimate of drug-likeness (QED) is 0.441. The number of nitrogens with zero attached hydrogens (tertiary/aromatic N) is 5. The molecule has 1 aromatic carbocycles. The summed E-state index contributed by atoms with van der Waals surface area (Å²) in [5.74, 6) is -0.908. The van der Waals surface area contributed by atoms with E-state index in [4.69, 9.17) is 10.2 Å². The number of nitrogens with two attached hydrogens (primary N) is 1. The number of benzene rings is 1. The fourth-order valence-electron chi connectivity index (χ4n) is 3.97. The highest BCUT2D eigenvalue weighted by Crippen LogP contribution is 2.25. The van der Waals surface area contributed by atoms with E-state index in [0.29, 0.717) is 42.1 Å². The molecule has 4 heterocycles. The average Bonchev–Trinajstić information content (AvgIpc) is 3.53. The van der Waals surface area contributed by atoms with Crippen LogP contribution in [0.4, 0.5) is 24.8 Å². The number of nitrogens with one attached hydrogen (secondary N) is 1. The van der Waals surface area contributed by atoms with Crippen LogP contribution in [0.2, 0.25) is 0 Å². The van der Waals surface area contributed by atoms with E-state index in [1.165, 1.54) is 10.8 Å². The second-order valence-electron chi connectivity index (χ2n) is 7.66. The number of fused-ring (bicyclic) bond motifs is 1. The van der Waals surface area contributed by atoms with Crippen LogP contribution in [-0.2, 0) is 6.54 Å². The molecule has 3 N–H and O–H groups in total. The fraction of sp³-hybridized carbons (Fsp3) is 0.286. The van der Waals surface area contributed by atoms with Gasteiger partial charge in [0.05, 0.1) is 6.26 Å². The van der Waals surface area contributed by atoms with E-state index < -0.39 is 17.5 Å². The van der Waals surface area contributed by atoms with Gasteiger partial charge in [0, 0.05) is 30.8 Å². The van der Waals surface area contributed by atoms with Crippen LogP contribution in [-0.4, -0.2) is 43.6 Å². The van der Waals surface area contributed by atoms with Gasteiger partial charge in [0.25, 0.3) is 5.78 Å². The van der Waals surface area contributed by atoms with Crippen molar-refractivity contribution in [3.63, 3.8) is 0 Å². The van der Waals surface area contributed by atoms with Crippen LogP contribution >= 0.6 is 0 Å². The maximum absolute atomic E-state index is 14.1. The van der Waals surface area contributed by atoms with Gasteiger partial charge in [-0.1, -0.05) is 0 Å². The van der Waals surface area contributed by atoms with Gasteiger partial charge in [0.2, 0.25) is 5.82 Å². The van der Waals surface area contributed by atoms with E-state index in [1.54, 1.807) is 18.2 Å². The summed E-state index contributed by atoms with van der Waals surface area (Å²) in [7, 11) is 0. The Hall–Kier alpha value is -3.60. The van der Waals surface area contributed by atoms with Crippen molar-refractivity contribution in [1.82, 2.24) is 24.5 Å². The highest BCUT2D eigenvalue weighted by atomic mass is 19.2. The molecular weight excluding hydrogens is 423 g/mol. The van der Waals surface area contributed by atoms with Gasteiger partial charge >= 0.3 is 0 Å². The number of hydrogen-bond acceptors (Lipinski definition) is 7. The highest BCUT2D eigenvalue weighted by Gasteiger charge is 2.27. The largest absolute Gasteiger partial charge is 0.461 e. The van der Waals surface area contributed by atoms with E-state index in [9.17, 15) is 13.2 Å². The van der Waals surface area contributed by atoms with Crippen LogP contribution in [0.25, 0.3) is 17.4 Å². The molecule has 0 spiro atoms. The van der Waals surface area contributed by atoms with E-state index in [0.717, 1.165) is 25.0 Å². The number of furan rings is 1. The summed E-state index contributed by atoms with van der Waals surface area (Å²) in [4.78, 5) is 10.7. The molecule has 1 atom stereocenters. The Labute approximate surface area is 180 Å². The summed E-state index contributed by atoms with van der Waals surface area (Å²) in [5.41, 5.74) is 5.85. The topological polar surface area (TPSA) is 97.5 Å². The lowest BCUT2D eigenvalue weighted by Gasteiger charge is -2.25. The molecule has 5 rings (SSSR count). The molecule has 32 heavy (non-hydrogen) atoms. The number of halogens is 3. The van der Waals surface area contributed by atoms with Crippen molar-refractivity contribution in [2.24, 2.45) is 0 Å². The van der Waals surface area contributed by atoms with E-state index in [1.807, 2.05) is 4.90 Å². The van der Waals surface area contributed by atoms with Gasteiger partial charge in [-0.3, -0.25) is 4.90 Å². The molecule has 0 radical (unpaired) electrons. The van der Waals surface area contributed by atoms with Crippen molar-refractivity contribution >= 4 is 17.4 Å². The zero-order chi connectivity index (χ0) is 22.2. The summed E-state index contributed by atoms with van der Waals surface area (Å²) in [6.07, 6.45) is 3.23. The Kier molecular flexibility index (Phi) is 5.17. The van der Waals surface area contributed by atoms with Gasteiger partial charge in [-0.25, -0.2) is 13.2 Å². The third-order valence-electron chi connectivity index (χ3n) is 5.60. The zero-order valence-electron chi connectivity index (χ0n) is 16.9. The molecular formula is C21H20F3N7O. The van der Waals surface area contributed by atoms with Crippen molar-refractivity contribution in [2.75, 3.05) is 24.1 Å². The van der Waals surface area contributed by atoms with Crippen molar-refractivity contribution in [3.05, 3.63) is 59.6 Å². The Morgan fingerprint density at radius 3 is 2.81 bits per heavy atom. The lowest BCUT2D eigenvalue weighted by molar-refractivity contribution is 0.245. The standard InChI is InChI=1S/C21H20F3N7O/c22-14-5-6-15(23)19(24)13(14)11-30-7-1-3-12(30)10-26-18-9-17(25)31-21(27-18)28-20(29-31)16-4-2-8-32-16/h2,4-6,8-9,12H,1,3,7,10-11,25H2,(H,26,27,28,29). The molecule has 1 unspecified atom stereocenters. The van der Waals surface area contributed by atoms with Crippen molar-refractivity contribution in [3.8, 4) is 11.6 Å². The summed E-state index contributed by atoms with van der Waals surface area (Å²) in [6, 6.07) is 6.86. The van der Waals surface area contributed by atoms with E-state index in [2.05, 4.69) is 20.4 Å². The molecule has 1 aliphatic rings. The Morgan fingerprint density at radius 2 is 2.00 bits per heavy atom. The van der Waals surface area contributed by atoms with E-state index >= 15 is 0 Å². The summed E-state index contributed by atoms with van der Waals surface area (Å²) in [6.45, 7) is 1.13. The van der Waals surface area contributed by atoms with Crippen LogP contribution in [0.15, 0.2) is 41.0 Å². The first kappa shape index (κ1) is 20.3. The second kappa shape index (κ2) is 8.15. The summed E-state index contributed by atoms with van der Waals surface area (Å²) in [5, 5.41) is 7.52. The minimum Gasteiger partial charge on any atom is -0.461 e. The van der Waals surface area contributed by atoms with Crippen molar-refractivity contribution in [1.29, 1.82) is 0 Å². The number of nitrogen functional groups attached to an aromatic ring is 1. The molecule has 3 aromatic heterocycles. The molecule has 4 aromatic rings. The van der Waals surface area contributed by atoms with Crippen LogP contribution in [0.1, 0.15) is 18.4 Å². The molecule has 0 aliphatic carbocycles. The van der Waals surface area contributed by atoms with Gasteiger partial charge in [0.1, 0.15) is 17.5 Å². The van der Waals surface area contributed by atoms with Gasteiger partial charge in [-0.15, -0.1) is 5.10 Å². The van der Waals surface area contributed by atoms with Crippen LogP contribution in [0.5, 0.6) is 0 Å². The van der Waals surface area contributed by atoms with Gasteiger partial charge < -0.3 is 15.5 Å². The predicted octanol–water partition coefficient (Wildman–Crippen LogP) is 3.46. The van der Waals surface area contributed by atoms with Gasteiger partial charge in [-0.05, 0) is 43.7 Å². The number of hydrogen-bond donors (Lipinski definition) is 2. The van der Waals surface area contributed by atoms with Gasteiger partial charge in [-0.2, -0.15) is 14.5 Å². The number of anilines is 2. The average molecular weight is 443 g/mol. The minimum atomic E-state index is -1.14. The second-order valence-corrected chi connectivity index (χ2v) is 7.66. The monoisotopic (exact) mass is 443 g/mol. The Balaban J connectivity index is 1.31. The maximum Gasteiger partial charge on any atom is 0.256 e. The smallest absolute Gasteiger partial charge is 0.256 e. The number of rotatable bonds is 6. The third-order valence-corrected chi connectivity index (χ3v) is 5.60. The maximum atomic E-state index is 14.1. The van der Waals surface area contributed by atoms with Crippen molar-refractivity contribution < 1.29 is 17.6 Å². The van der Waals surface area contributed by atoms with Crippen LogP contribution < -0.4 is 11.1 Å². The first-order chi connectivity index (χ1) is 15.5. The molecule has 1 fully saturated rings. The molecule has 0 bridgehead atoms. The van der Waals surface area contributed by atoms with Crippen LogP contribution in [0.3, 0.4) is 0 Å². The molecule has 1 aliphatic heterocycles. The molecule has 0 amide bonds. The minimum absolute atomic E-state index is 0.00660.